The lowest BCUT2D eigenvalue weighted by molar-refractivity contribution is -0.176. The van der Waals surface area contributed by atoms with E-state index in [1.165, 1.54) is 43.4 Å². The van der Waals surface area contributed by atoms with Crippen LogP contribution in [0.5, 0.6) is 0 Å². The van der Waals surface area contributed by atoms with Crippen LogP contribution < -0.4 is 5.32 Å². The van der Waals surface area contributed by atoms with E-state index in [2.05, 4.69) is 0 Å². The Labute approximate surface area is 165 Å². The Hall–Kier alpha value is -3.05. The number of rotatable bonds is 5. The van der Waals surface area contributed by atoms with E-state index in [1.807, 2.05) is 0 Å². The van der Waals surface area contributed by atoms with E-state index in [-0.39, 0.29) is 16.5 Å². The number of alkyl halides is 6. The Bertz CT molecular complexity index is 962. The highest BCUT2D eigenvalue weighted by Gasteiger charge is 2.42. The van der Waals surface area contributed by atoms with Gasteiger partial charge in [-0.25, -0.2) is 4.79 Å². The molecular formula is C18H16F6N2O4. The Morgan fingerprint density at radius 2 is 1.63 bits per heavy atom. The molecule has 0 aliphatic rings. The fourth-order valence-corrected chi connectivity index (χ4v) is 2.69. The van der Waals surface area contributed by atoms with Crippen molar-refractivity contribution in [3.63, 3.8) is 0 Å². The van der Waals surface area contributed by atoms with Crippen molar-refractivity contribution in [2.75, 3.05) is 0 Å². The summed E-state index contributed by atoms with van der Waals surface area (Å²) in [4.78, 5) is 35.2. The summed E-state index contributed by atoms with van der Waals surface area (Å²) in [5.74, 6) is -5.84. The molecule has 1 amide bonds. The Kier molecular flexibility index (Phi) is 6.48. The smallest absolute Gasteiger partial charge is 0.461 e. The van der Waals surface area contributed by atoms with Crippen molar-refractivity contribution in [3.05, 3.63) is 36.0 Å². The number of nitrogens with zero attached hydrogens (tertiary/aromatic N) is 1. The van der Waals surface area contributed by atoms with Crippen LogP contribution in [0.3, 0.4) is 0 Å². The van der Waals surface area contributed by atoms with E-state index in [9.17, 15) is 40.7 Å². The predicted molar refractivity (Wildman–Crippen MR) is 91.5 cm³/mol. The molecular weight excluding hydrogens is 422 g/mol. The maximum absolute atomic E-state index is 12.9. The molecule has 0 fully saturated rings. The minimum atomic E-state index is -5.30. The van der Waals surface area contributed by atoms with E-state index in [0.29, 0.717) is 4.57 Å². The van der Waals surface area contributed by atoms with Gasteiger partial charge in [0, 0.05) is 18.0 Å². The van der Waals surface area contributed by atoms with Crippen LogP contribution in [0.4, 0.5) is 26.3 Å². The molecule has 6 nitrogen and oxygen atoms in total. The molecule has 0 bridgehead atoms. The molecule has 0 aliphatic carbocycles. The lowest BCUT2D eigenvalue weighted by Crippen LogP contribution is -2.49. The normalized spacial score (nSPS) is 13.4. The summed E-state index contributed by atoms with van der Waals surface area (Å²) in [6.07, 6.45) is -11.1. The van der Waals surface area contributed by atoms with Gasteiger partial charge < -0.3 is 10.1 Å². The highest BCUT2D eigenvalue weighted by Crippen LogP contribution is 2.27. The third kappa shape index (κ3) is 5.30. The predicted octanol–water partition coefficient (Wildman–Crippen LogP) is 3.39. The van der Waals surface area contributed by atoms with Gasteiger partial charge in [-0.05, 0) is 25.5 Å². The molecule has 164 valence electrons. The maximum atomic E-state index is 12.9. The zero-order valence-electron chi connectivity index (χ0n) is 15.6. The molecule has 1 aromatic heterocycles. The minimum absolute atomic E-state index is 0.0589. The number of hydrogen-bond donors (Lipinski definition) is 1. The van der Waals surface area contributed by atoms with Crippen molar-refractivity contribution in [3.8, 4) is 0 Å². The number of esters is 1. The SMILES string of the molecule is CC(C)OC(=O)C(Cc1cn(C(=O)C(F)(F)F)c2ccccc12)NC(=O)C(F)(F)F. The van der Waals surface area contributed by atoms with E-state index in [4.69, 9.17) is 4.74 Å². The van der Waals surface area contributed by atoms with Gasteiger partial charge in [-0.1, -0.05) is 18.2 Å². The summed E-state index contributed by atoms with van der Waals surface area (Å²) in [5, 5.41) is 1.59. The standard InChI is InChI=1S/C18H16F6N2O4/c1-9(2)30-14(27)12(25-15(28)17(19,20)21)7-10-8-26(16(29)18(22,23)24)13-6-4-3-5-11(10)13/h3-6,8-9,12H,7H2,1-2H3,(H,25,28). The van der Waals surface area contributed by atoms with Crippen LogP contribution in [0, 0.1) is 0 Å². The zero-order valence-corrected chi connectivity index (χ0v) is 15.6. The Balaban J connectivity index is 2.47. The molecule has 1 N–H and O–H groups in total. The van der Waals surface area contributed by atoms with Gasteiger partial charge in [-0.3, -0.25) is 14.2 Å². The van der Waals surface area contributed by atoms with Crippen molar-refractivity contribution in [2.45, 2.75) is 44.8 Å². The Morgan fingerprint density at radius 3 is 2.17 bits per heavy atom. The molecule has 1 heterocycles. The molecule has 0 spiro atoms. The van der Waals surface area contributed by atoms with Crippen LogP contribution >= 0.6 is 0 Å². The average Bonchev–Trinajstić information content (AvgIpc) is 2.96. The fourth-order valence-electron chi connectivity index (χ4n) is 2.69. The number of carbonyl (C=O) groups is 3. The molecule has 2 aromatic rings. The number of amides is 1. The quantitative estimate of drug-likeness (QED) is 0.574. The number of halogens is 6. The van der Waals surface area contributed by atoms with Crippen LogP contribution in [0.15, 0.2) is 30.5 Å². The lowest BCUT2D eigenvalue weighted by Gasteiger charge is -2.19. The molecule has 0 saturated carbocycles. The fraction of sp³-hybridized carbons (Fsp3) is 0.389. The van der Waals surface area contributed by atoms with E-state index >= 15 is 0 Å². The van der Waals surface area contributed by atoms with Crippen molar-refractivity contribution < 1.29 is 45.5 Å². The number of para-hydroxylation sites is 1. The number of benzene rings is 1. The number of nitrogens with one attached hydrogen (secondary N) is 1. The summed E-state index contributed by atoms with van der Waals surface area (Å²) in [7, 11) is 0. The molecule has 0 radical (unpaired) electrons. The summed E-state index contributed by atoms with van der Waals surface area (Å²) in [6, 6.07) is 3.49. The topological polar surface area (TPSA) is 77.4 Å². The molecule has 0 saturated heterocycles. The number of hydrogen-bond acceptors (Lipinski definition) is 4. The van der Waals surface area contributed by atoms with Crippen LogP contribution in [0.2, 0.25) is 0 Å². The lowest BCUT2D eigenvalue weighted by atomic mass is 10.0. The summed E-state index contributed by atoms with van der Waals surface area (Å²) in [5.41, 5.74) is -0.218. The van der Waals surface area contributed by atoms with Gasteiger partial charge in [0.1, 0.15) is 6.04 Å². The van der Waals surface area contributed by atoms with Crippen molar-refractivity contribution >= 4 is 28.7 Å². The second kappa shape index (κ2) is 8.36. The number of aromatic nitrogens is 1. The van der Waals surface area contributed by atoms with Crippen molar-refractivity contribution in [1.29, 1.82) is 0 Å². The van der Waals surface area contributed by atoms with E-state index < -0.39 is 48.7 Å². The second-order valence-electron chi connectivity index (χ2n) is 6.56. The monoisotopic (exact) mass is 438 g/mol. The molecule has 0 aliphatic heterocycles. The first-order valence-corrected chi connectivity index (χ1v) is 8.50. The van der Waals surface area contributed by atoms with Crippen LogP contribution in [-0.2, 0) is 20.7 Å². The highest BCUT2D eigenvalue weighted by molar-refractivity contribution is 5.97. The van der Waals surface area contributed by atoms with Gasteiger partial charge in [0.05, 0.1) is 11.6 Å². The van der Waals surface area contributed by atoms with Crippen LogP contribution in [-0.4, -0.2) is 46.8 Å². The first-order chi connectivity index (χ1) is 13.7. The maximum Gasteiger partial charge on any atom is 0.472 e. The van der Waals surface area contributed by atoms with Gasteiger partial charge >= 0.3 is 30.1 Å². The number of carbonyl (C=O) groups excluding carboxylic acids is 3. The minimum Gasteiger partial charge on any atom is -0.461 e. The first-order valence-electron chi connectivity index (χ1n) is 8.50. The number of fused-ring (bicyclic) bond motifs is 1. The molecule has 2 rings (SSSR count). The van der Waals surface area contributed by atoms with Gasteiger partial charge in [0.25, 0.3) is 0 Å². The first kappa shape index (κ1) is 23.2. The van der Waals surface area contributed by atoms with Gasteiger partial charge in [0.2, 0.25) is 0 Å². The summed E-state index contributed by atoms with van der Waals surface area (Å²) < 4.78 is 81.7. The third-order valence-corrected chi connectivity index (χ3v) is 3.88. The largest absolute Gasteiger partial charge is 0.472 e. The third-order valence-electron chi connectivity index (χ3n) is 3.88. The van der Waals surface area contributed by atoms with Crippen molar-refractivity contribution in [2.24, 2.45) is 0 Å². The summed E-state index contributed by atoms with van der Waals surface area (Å²) >= 11 is 0. The van der Waals surface area contributed by atoms with Crippen LogP contribution in [0.25, 0.3) is 10.9 Å². The van der Waals surface area contributed by atoms with E-state index in [1.54, 1.807) is 0 Å². The van der Waals surface area contributed by atoms with Gasteiger partial charge in [-0.15, -0.1) is 0 Å². The molecule has 1 atom stereocenters. The summed E-state index contributed by atoms with van der Waals surface area (Å²) in [6.45, 7) is 2.85. The Morgan fingerprint density at radius 1 is 1.03 bits per heavy atom. The van der Waals surface area contributed by atoms with E-state index in [0.717, 1.165) is 6.20 Å². The van der Waals surface area contributed by atoms with Gasteiger partial charge in [-0.2, -0.15) is 26.3 Å². The van der Waals surface area contributed by atoms with Crippen LogP contribution in [0.1, 0.15) is 24.2 Å². The van der Waals surface area contributed by atoms with Crippen molar-refractivity contribution in [1.82, 2.24) is 9.88 Å². The second-order valence-corrected chi connectivity index (χ2v) is 6.56. The molecule has 1 unspecified atom stereocenters. The molecule has 12 heteroatoms. The molecule has 30 heavy (non-hydrogen) atoms. The number of ether oxygens (including phenoxy) is 1. The zero-order chi connectivity index (χ0) is 22.9. The highest BCUT2D eigenvalue weighted by atomic mass is 19.4. The van der Waals surface area contributed by atoms with Gasteiger partial charge in [0.15, 0.2) is 0 Å². The average molecular weight is 438 g/mol. The molecule has 1 aromatic carbocycles.